The van der Waals surface area contributed by atoms with Gasteiger partial charge in [-0.2, -0.15) is 0 Å². The van der Waals surface area contributed by atoms with Gasteiger partial charge in [0.2, 0.25) is 5.91 Å². The number of nitrogens with zero attached hydrogens (tertiary/aromatic N) is 2. The Hall–Kier alpha value is -0.610. The third kappa shape index (κ3) is 6.35. The van der Waals surface area contributed by atoms with Gasteiger partial charge in [0.1, 0.15) is 0 Å². The first-order valence-electron chi connectivity index (χ1n) is 8.80. The highest BCUT2D eigenvalue weighted by atomic mass is 16.2. The second-order valence-corrected chi connectivity index (χ2v) is 6.44. The molecule has 1 amide bonds. The van der Waals surface area contributed by atoms with E-state index in [1.807, 2.05) is 11.9 Å². The van der Waals surface area contributed by atoms with Crippen molar-refractivity contribution in [2.75, 3.05) is 33.2 Å². The van der Waals surface area contributed by atoms with E-state index in [1.165, 1.54) is 12.8 Å². The van der Waals surface area contributed by atoms with Gasteiger partial charge in [0.15, 0.2) is 0 Å². The summed E-state index contributed by atoms with van der Waals surface area (Å²) in [4.78, 5) is 16.9. The molecule has 1 aliphatic rings. The Morgan fingerprint density at radius 2 is 1.90 bits per heavy atom. The lowest BCUT2D eigenvalue weighted by Gasteiger charge is -2.36. The predicted molar refractivity (Wildman–Crippen MR) is 89.2 cm³/mol. The average molecular weight is 297 g/mol. The summed E-state index contributed by atoms with van der Waals surface area (Å²) >= 11 is 0. The van der Waals surface area contributed by atoms with Crippen LogP contribution in [0, 0.1) is 5.92 Å². The van der Waals surface area contributed by atoms with Crippen LogP contribution in [0.1, 0.15) is 58.8 Å². The standard InChI is InChI=1S/C17H35N3O/c1-4-6-15(9-12-18)7-8-17(21)19(3)16-10-13-20(5-2)14-11-16/h15-16H,4-14,18H2,1-3H3. The van der Waals surface area contributed by atoms with E-state index in [4.69, 9.17) is 5.73 Å². The fourth-order valence-corrected chi connectivity index (χ4v) is 3.41. The quantitative estimate of drug-likeness (QED) is 0.711. The van der Waals surface area contributed by atoms with E-state index in [-0.39, 0.29) is 0 Å². The second kappa shape index (κ2) is 10.2. The molecule has 1 saturated heterocycles. The minimum atomic E-state index is 0.322. The van der Waals surface area contributed by atoms with Gasteiger partial charge in [-0.15, -0.1) is 0 Å². The highest BCUT2D eigenvalue weighted by Crippen LogP contribution is 2.20. The molecule has 2 N–H and O–H groups in total. The van der Waals surface area contributed by atoms with Gasteiger partial charge in [-0.1, -0.05) is 26.7 Å². The van der Waals surface area contributed by atoms with Crippen LogP contribution in [0.2, 0.25) is 0 Å². The van der Waals surface area contributed by atoms with E-state index < -0.39 is 0 Å². The SMILES string of the molecule is CCCC(CCN)CCC(=O)N(C)C1CCN(CC)CC1. The van der Waals surface area contributed by atoms with E-state index in [0.717, 1.165) is 51.9 Å². The lowest BCUT2D eigenvalue weighted by Crippen LogP contribution is -2.45. The average Bonchev–Trinajstić information content (AvgIpc) is 2.52. The summed E-state index contributed by atoms with van der Waals surface area (Å²) in [6, 6.07) is 0.444. The minimum Gasteiger partial charge on any atom is -0.343 e. The van der Waals surface area contributed by atoms with Gasteiger partial charge in [0.05, 0.1) is 0 Å². The summed E-state index contributed by atoms with van der Waals surface area (Å²) in [6.07, 6.45) is 7.37. The number of amides is 1. The smallest absolute Gasteiger partial charge is 0.222 e. The molecule has 0 bridgehead atoms. The molecule has 21 heavy (non-hydrogen) atoms. The summed E-state index contributed by atoms with van der Waals surface area (Å²) in [5.74, 6) is 0.947. The Morgan fingerprint density at radius 3 is 2.43 bits per heavy atom. The zero-order valence-electron chi connectivity index (χ0n) is 14.3. The van der Waals surface area contributed by atoms with E-state index in [1.54, 1.807) is 0 Å². The van der Waals surface area contributed by atoms with Crippen LogP contribution in [0.5, 0.6) is 0 Å². The van der Waals surface area contributed by atoms with Gasteiger partial charge in [0, 0.05) is 32.6 Å². The maximum absolute atomic E-state index is 12.4. The minimum absolute atomic E-state index is 0.322. The molecule has 1 rings (SSSR count). The molecule has 124 valence electrons. The zero-order chi connectivity index (χ0) is 15.7. The molecule has 1 unspecified atom stereocenters. The molecular weight excluding hydrogens is 262 g/mol. The fourth-order valence-electron chi connectivity index (χ4n) is 3.41. The van der Waals surface area contributed by atoms with Crippen molar-refractivity contribution in [1.82, 2.24) is 9.80 Å². The van der Waals surface area contributed by atoms with Gasteiger partial charge in [-0.25, -0.2) is 0 Å². The maximum Gasteiger partial charge on any atom is 0.222 e. The number of piperidine rings is 1. The molecule has 4 heteroatoms. The zero-order valence-corrected chi connectivity index (χ0v) is 14.3. The Kier molecular flexibility index (Phi) is 8.93. The van der Waals surface area contributed by atoms with E-state index >= 15 is 0 Å². The molecule has 0 aromatic carbocycles. The summed E-state index contributed by atoms with van der Waals surface area (Å²) in [6.45, 7) is 8.54. The van der Waals surface area contributed by atoms with Crippen molar-refractivity contribution in [3.63, 3.8) is 0 Å². The van der Waals surface area contributed by atoms with Crippen molar-refractivity contribution >= 4 is 5.91 Å². The topological polar surface area (TPSA) is 49.6 Å². The van der Waals surface area contributed by atoms with Crippen molar-refractivity contribution in [3.8, 4) is 0 Å². The third-order valence-electron chi connectivity index (χ3n) is 4.98. The van der Waals surface area contributed by atoms with Gasteiger partial charge < -0.3 is 15.5 Å². The normalized spacial score (nSPS) is 18.7. The van der Waals surface area contributed by atoms with Crippen LogP contribution in [0.15, 0.2) is 0 Å². The summed E-state index contributed by atoms with van der Waals surface area (Å²) in [7, 11) is 1.99. The fraction of sp³-hybridized carbons (Fsp3) is 0.941. The van der Waals surface area contributed by atoms with Crippen LogP contribution >= 0.6 is 0 Å². The number of rotatable bonds is 9. The summed E-state index contributed by atoms with van der Waals surface area (Å²) in [5, 5.41) is 0. The Morgan fingerprint density at radius 1 is 1.24 bits per heavy atom. The van der Waals surface area contributed by atoms with Crippen molar-refractivity contribution in [2.24, 2.45) is 11.7 Å². The Bertz CT molecular complexity index is 282. The number of carbonyl (C=O) groups is 1. The van der Waals surface area contributed by atoms with Gasteiger partial charge in [-0.05, 0) is 44.7 Å². The van der Waals surface area contributed by atoms with Gasteiger partial charge >= 0.3 is 0 Å². The van der Waals surface area contributed by atoms with E-state index in [9.17, 15) is 4.79 Å². The van der Waals surface area contributed by atoms with Crippen LogP contribution in [-0.4, -0.2) is 55.0 Å². The van der Waals surface area contributed by atoms with E-state index in [0.29, 0.717) is 24.3 Å². The van der Waals surface area contributed by atoms with Crippen molar-refractivity contribution in [1.29, 1.82) is 0 Å². The van der Waals surface area contributed by atoms with Crippen LogP contribution in [0.25, 0.3) is 0 Å². The van der Waals surface area contributed by atoms with Crippen molar-refractivity contribution in [3.05, 3.63) is 0 Å². The van der Waals surface area contributed by atoms with Crippen LogP contribution < -0.4 is 5.73 Å². The predicted octanol–water partition coefficient (Wildman–Crippen LogP) is 2.47. The molecular formula is C17H35N3O. The van der Waals surface area contributed by atoms with Crippen molar-refractivity contribution in [2.45, 2.75) is 64.8 Å². The molecule has 1 atom stereocenters. The number of hydrogen-bond donors (Lipinski definition) is 1. The molecule has 1 aliphatic heterocycles. The number of hydrogen-bond acceptors (Lipinski definition) is 3. The van der Waals surface area contributed by atoms with Crippen LogP contribution in [0.3, 0.4) is 0 Å². The number of likely N-dealkylation sites (tertiary alicyclic amines) is 1. The maximum atomic E-state index is 12.4. The molecule has 0 saturated carbocycles. The monoisotopic (exact) mass is 297 g/mol. The first-order valence-corrected chi connectivity index (χ1v) is 8.80. The largest absolute Gasteiger partial charge is 0.343 e. The molecule has 1 heterocycles. The van der Waals surface area contributed by atoms with Gasteiger partial charge in [0.25, 0.3) is 0 Å². The lowest BCUT2D eigenvalue weighted by molar-refractivity contribution is -0.133. The van der Waals surface area contributed by atoms with Crippen LogP contribution in [-0.2, 0) is 4.79 Å². The molecule has 1 fully saturated rings. The highest BCUT2D eigenvalue weighted by molar-refractivity contribution is 5.76. The molecule has 0 spiro atoms. The van der Waals surface area contributed by atoms with Crippen molar-refractivity contribution < 1.29 is 4.79 Å². The lowest BCUT2D eigenvalue weighted by atomic mass is 9.94. The molecule has 0 radical (unpaired) electrons. The molecule has 0 aromatic rings. The molecule has 0 aliphatic carbocycles. The summed E-state index contributed by atoms with van der Waals surface area (Å²) in [5.41, 5.74) is 5.67. The highest BCUT2D eigenvalue weighted by Gasteiger charge is 2.24. The third-order valence-corrected chi connectivity index (χ3v) is 4.98. The Balaban J connectivity index is 2.33. The molecule has 4 nitrogen and oxygen atoms in total. The Labute approximate surface area is 131 Å². The van der Waals surface area contributed by atoms with Crippen LogP contribution in [0.4, 0.5) is 0 Å². The first kappa shape index (κ1) is 18.4. The number of nitrogens with two attached hydrogens (primary N) is 1. The number of carbonyl (C=O) groups excluding carboxylic acids is 1. The van der Waals surface area contributed by atoms with E-state index in [2.05, 4.69) is 18.7 Å². The summed E-state index contributed by atoms with van der Waals surface area (Å²) < 4.78 is 0. The first-order chi connectivity index (χ1) is 10.1. The second-order valence-electron chi connectivity index (χ2n) is 6.44. The molecule has 0 aromatic heterocycles. The van der Waals surface area contributed by atoms with Gasteiger partial charge in [-0.3, -0.25) is 4.79 Å².